The molecule has 0 bridgehead atoms. The Hall–Kier alpha value is -4.52. The summed E-state index contributed by atoms with van der Waals surface area (Å²) in [7, 11) is 0. The van der Waals surface area contributed by atoms with E-state index in [1.165, 1.54) is 42.5 Å². The number of nitrogens with zero attached hydrogens (tertiary/aromatic N) is 4. The van der Waals surface area contributed by atoms with Gasteiger partial charge in [0.1, 0.15) is 5.82 Å². The van der Waals surface area contributed by atoms with Crippen molar-refractivity contribution < 1.29 is 14.6 Å². The zero-order valence-electron chi connectivity index (χ0n) is 16.7. The van der Waals surface area contributed by atoms with E-state index < -0.39 is 15.8 Å². The highest BCUT2D eigenvalue weighted by Gasteiger charge is 2.40. The second-order valence-corrected chi connectivity index (χ2v) is 7.44. The molecule has 2 aliphatic rings. The average Bonchev–Trinajstić information content (AvgIpc) is 2.78. The number of hydrogen-bond donors (Lipinski definition) is 1. The fourth-order valence-corrected chi connectivity index (χ4v) is 4.25. The van der Waals surface area contributed by atoms with Gasteiger partial charge in [-0.1, -0.05) is 18.2 Å². The van der Waals surface area contributed by atoms with E-state index in [0.717, 1.165) is 0 Å². The number of nitriles is 1. The third kappa shape index (κ3) is 3.35. The Kier molecular flexibility index (Phi) is 5.16. The van der Waals surface area contributed by atoms with Crippen molar-refractivity contribution in [2.45, 2.75) is 25.2 Å². The van der Waals surface area contributed by atoms with Crippen LogP contribution in [0.4, 0.5) is 17.1 Å². The van der Waals surface area contributed by atoms with Gasteiger partial charge < -0.3 is 5.73 Å². The van der Waals surface area contributed by atoms with Gasteiger partial charge in [-0.2, -0.15) is 5.26 Å². The second-order valence-electron chi connectivity index (χ2n) is 7.44. The van der Waals surface area contributed by atoms with Crippen LogP contribution >= 0.6 is 0 Å². The van der Waals surface area contributed by atoms with Crippen LogP contribution in [0.2, 0.25) is 0 Å². The number of anilines is 1. The summed E-state index contributed by atoms with van der Waals surface area (Å²) < 4.78 is 0. The number of ketones is 1. The fraction of sp³-hybridized carbons (Fsp3) is 0.182. The molecule has 0 radical (unpaired) electrons. The van der Waals surface area contributed by atoms with Crippen LogP contribution < -0.4 is 10.6 Å². The van der Waals surface area contributed by atoms with Gasteiger partial charge in [0, 0.05) is 42.0 Å². The first-order valence-electron chi connectivity index (χ1n) is 9.78. The monoisotopic (exact) mass is 431 g/mol. The molecule has 0 aromatic heterocycles. The minimum absolute atomic E-state index is 0.0739. The van der Waals surface area contributed by atoms with Crippen LogP contribution in [0.15, 0.2) is 71.2 Å². The molecule has 32 heavy (non-hydrogen) atoms. The molecule has 1 aliphatic heterocycles. The highest BCUT2D eigenvalue weighted by atomic mass is 16.6. The van der Waals surface area contributed by atoms with Crippen LogP contribution in [-0.4, -0.2) is 15.6 Å². The first kappa shape index (κ1) is 20.7. The van der Waals surface area contributed by atoms with Gasteiger partial charge in [-0.25, -0.2) is 0 Å². The molecule has 0 amide bonds. The largest absolute Gasteiger partial charge is 0.384 e. The van der Waals surface area contributed by atoms with Gasteiger partial charge in [0.25, 0.3) is 11.4 Å². The number of non-ortho nitro benzene ring substituents is 2. The first-order valence-corrected chi connectivity index (χ1v) is 9.78. The molecule has 4 rings (SSSR count). The van der Waals surface area contributed by atoms with Crippen molar-refractivity contribution in [2.24, 2.45) is 5.73 Å². The number of carbonyl (C=O) groups is 1. The van der Waals surface area contributed by atoms with Crippen LogP contribution in [0.5, 0.6) is 0 Å². The molecule has 0 spiro atoms. The molecule has 1 aliphatic carbocycles. The van der Waals surface area contributed by atoms with E-state index in [4.69, 9.17) is 5.73 Å². The number of rotatable bonds is 4. The number of nitrogens with two attached hydrogens (primary N) is 1. The lowest BCUT2D eigenvalue weighted by molar-refractivity contribution is -0.385. The summed E-state index contributed by atoms with van der Waals surface area (Å²) in [6, 6.07) is 13.6. The van der Waals surface area contributed by atoms with E-state index in [-0.39, 0.29) is 28.6 Å². The summed E-state index contributed by atoms with van der Waals surface area (Å²) in [5.74, 6) is -0.839. The summed E-state index contributed by atoms with van der Waals surface area (Å²) in [5.41, 5.74) is 8.17. The minimum Gasteiger partial charge on any atom is -0.384 e. The predicted molar refractivity (Wildman–Crippen MR) is 114 cm³/mol. The number of nitro benzene ring substituents is 2. The predicted octanol–water partition coefficient (Wildman–Crippen LogP) is 3.81. The Morgan fingerprint density at radius 1 is 1.03 bits per heavy atom. The van der Waals surface area contributed by atoms with Crippen LogP contribution in [0, 0.1) is 31.6 Å². The molecule has 2 aromatic rings. The molecule has 2 aromatic carbocycles. The number of hydrogen-bond acceptors (Lipinski definition) is 8. The average molecular weight is 431 g/mol. The Bertz CT molecular complexity index is 1260. The maximum Gasteiger partial charge on any atom is 0.271 e. The zero-order chi connectivity index (χ0) is 23.0. The Morgan fingerprint density at radius 2 is 1.72 bits per heavy atom. The third-order valence-electron chi connectivity index (χ3n) is 5.65. The molecule has 0 saturated heterocycles. The molecular formula is C22H17N5O5. The van der Waals surface area contributed by atoms with E-state index in [9.17, 15) is 30.3 Å². The topological polar surface area (TPSA) is 156 Å². The Labute approximate surface area is 182 Å². The van der Waals surface area contributed by atoms with Gasteiger partial charge in [-0.3, -0.25) is 29.9 Å². The zero-order valence-corrected chi connectivity index (χ0v) is 16.7. The molecule has 2 N–H and O–H groups in total. The van der Waals surface area contributed by atoms with E-state index in [2.05, 4.69) is 6.07 Å². The third-order valence-corrected chi connectivity index (χ3v) is 5.65. The van der Waals surface area contributed by atoms with Crippen LogP contribution in [0.3, 0.4) is 0 Å². The SMILES string of the molecule is N#CC1=C(N)N(c2cccc([N+](=O)[O-])c2)C2=C(C(=O)CCC2)[C@H]1c1ccc([N+](=O)[O-])cc1. The van der Waals surface area contributed by atoms with E-state index in [1.807, 2.05) is 0 Å². The molecule has 0 fully saturated rings. The minimum atomic E-state index is -0.765. The van der Waals surface area contributed by atoms with Crippen LogP contribution in [0.1, 0.15) is 30.7 Å². The molecule has 160 valence electrons. The molecule has 10 heteroatoms. The van der Waals surface area contributed by atoms with Crippen LogP contribution in [0.25, 0.3) is 0 Å². The van der Waals surface area contributed by atoms with Crippen molar-refractivity contribution >= 4 is 22.8 Å². The summed E-state index contributed by atoms with van der Waals surface area (Å²) in [6.45, 7) is 0. The molecule has 0 unspecified atom stereocenters. The van der Waals surface area contributed by atoms with Gasteiger partial charge in [-0.15, -0.1) is 0 Å². The molecule has 1 atom stereocenters. The fourth-order valence-electron chi connectivity index (χ4n) is 4.25. The molecule has 10 nitrogen and oxygen atoms in total. The standard InChI is InChI=1S/C22H17N5O5/c23-12-17-20(13-7-9-14(10-8-13)26(29)30)21-18(5-2-6-19(21)28)25(22(17)24)15-3-1-4-16(11-15)27(31)32/h1,3-4,7-11,20H,2,5-6,24H2/t20-/m0/s1. The van der Waals surface area contributed by atoms with Gasteiger partial charge in [-0.05, 0) is 24.5 Å². The normalized spacial score (nSPS) is 18.3. The summed E-state index contributed by atoms with van der Waals surface area (Å²) >= 11 is 0. The highest BCUT2D eigenvalue weighted by Crippen LogP contribution is 2.46. The Morgan fingerprint density at radius 3 is 2.34 bits per heavy atom. The van der Waals surface area contributed by atoms with Gasteiger partial charge in [0.2, 0.25) is 0 Å². The molecular weight excluding hydrogens is 414 g/mol. The van der Waals surface area contributed by atoms with Gasteiger partial charge in [0.05, 0.1) is 33.1 Å². The van der Waals surface area contributed by atoms with Gasteiger partial charge >= 0.3 is 0 Å². The number of allylic oxidation sites excluding steroid dienone is 3. The summed E-state index contributed by atoms with van der Waals surface area (Å²) in [5, 5.41) is 32.2. The maximum absolute atomic E-state index is 13.0. The summed E-state index contributed by atoms with van der Waals surface area (Å²) in [4.78, 5) is 35.8. The maximum atomic E-state index is 13.0. The number of benzene rings is 2. The van der Waals surface area contributed by atoms with Crippen molar-refractivity contribution in [3.05, 3.63) is 97.0 Å². The number of Topliss-reactive ketones (excluding diaryl/α,β-unsaturated/α-hetero) is 1. The lowest BCUT2D eigenvalue weighted by Crippen LogP contribution is -2.38. The van der Waals surface area contributed by atoms with E-state index >= 15 is 0 Å². The lowest BCUT2D eigenvalue weighted by Gasteiger charge is -2.39. The van der Waals surface area contributed by atoms with Crippen LogP contribution in [-0.2, 0) is 4.79 Å². The smallest absolute Gasteiger partial charge is 0.271 e. The summed E-state index contributed by atoms with van der Waals surface area (Å²) in [6.07, 6.45) is 1.36. The van der Waals surface area contributed by atoms with Crippen molar-refractivity contribution in [1.82, 2.24) is 0 Å². The van der Waals surface area contributed by atoms with Crippen molar-refractivity contribution in [3.8, 4) is 6.07 Å². The van der Waals surface area contributed by atoms with Gasteiger partial charge in [0.15, 0.2) is 5.78 Å². The van der Waals surface area contributed by atoms with Crippen molar-refractivity contribution in [3.63, 3.8) is 0 Å². The molecule has 0 saturated carbocycles. The molecule has 1 heterocycles. The van der Waals surface area contributed by atoms with E-state index in [0.29, 0.717) is 41.8 Å². The quantitative estimate of drug-likeness (QED) is 0.565. The highest BCUT2D eigenvalue weighted by molar-refractivity contribution is 6.01. The number of carbonyl (C=O) groups excluding carboxylic acids is 1. The Balaban J connectivity index is 1.93. The second kappa shape index (κ2) is 7.96. The van der Waals surface area contributed by atoms with Crippen molar-refractivity contribution in [2.75, 3.05) is 4.90 Å². The van der Waals surface area contributed by atoms with Crippen molar-refractivity contribution in [1.29, 1.82) is 5.26 Å². The van der Waals surface area contributed by atoms with E-state index in [1.54, 1.807) is 11.0 Å². The number of nitro groups is 2. The lowest BCUT2D eigenvalue weighted by atomic mass is 9.75. The first-order chi connectivity index (χ1) is 15.3.